The largest absolute Gasteiger partial charge is 0.491 e. The van der Waals surface area contributed by atoms with Crippen molar-refractivity contribution >= 4 is 46.8 Å². The Hall–Kier alpha value is -9.75. The van der Waals surface area contributed by atoms with E-state index in [9.17, 15) is 63.8 Å². The van der Waals surface area contributed by atoms with Gasteiger partial charge in [-0.25, -0.2) is 0 Å². The zero-order valence-electron chi connectivity index (χ0n) is 75.6. The van der Waals surface area contributed by atoms with E-state index in [1.54, 1.807) is 55.1 Å². The molecule has 8 aliphatic heterocycles. The molecule has 4 spiro atoms. The van der Waals surface area contributed by atoms with Crippen LogP contribution in [0.25, 0.3) is 0 Å². The number of alkyl halides is 9. The highest BCUT2D eigenvalue weighted by Crippen LogP contribution is 2.53. The molecule has 4 aromatic heterocycles. The van der Waals surface area contributed by atoms with Gasteiger partial charge in [0.05, 0.1) is 33.9 Å². The molecule has 702 valence electrons. The van der Waals surface area contributed by atoms with Gasteiger partial charge in [0.25, 0.3) is 23.6 Å². The van der Waals surface area contributed by atoms with Crippen molar-refractivity contribution in [2.75, 3.05) is 106 Å². The van der Waals surface area contributed by atoms with E-state index in [-0.39, 0.29) is 53.2 Å². The first kappa shape index (κ1) is 94.4. The van der Waals surface area contributed by atoms with Gasteiger partial charge in [0.1, 0.15) is 45.5 Å². The van der Waals surface area contributed by atoms with Crippen LogP contribution in [0, 0.1) is 13.8 Å². The second-order valence-corrected chi connectivity index (χ2v) is 38.7. The van der Waals surface area contributed by atoms with Crippen molar-refractivity contribution in [1.82, 2.24) is 57.5 Å². The number of piperidine rings is 4. The van der Waals surface area contributed by atoms with Crippen LogP contribution in [0.15, 0.2) is 164 Å². The Morgan fingerprint density at radius 2 is 0.756 bits per heavy atom. The maximum absolute atomic E-state index is 13.6. The summed E-state index contributed by atoms with van der Waals surface area (Å²) in [6.45, 7) is 20.2. The number of hydrogen-bond donors (Lipinski definition) is 1. The summed E-state index contributed by atoms with van der Waals surface area (Å²) in [5, 5.41) is 11.5. The quantitative estimate of drug-likeness (QED) is 0.0969. The number of ether oxygens (including phenoxy) is 3. The van der Waals surface area contributed by atoms with E-state index in [0.29, 0.717) is 126 Å². The number of rotatable bonds is 15. The van der Waals surface area contributed by atoms with E-state index in [2.05, 4.69) is 91.4 Å². The molecule has 2 aliphatic carbocycles. The summed E-state index contributed by atoms with van der Waals surface area (Å²) < 4.78 is 142. The Kier molecular flexibility index (Phi) is 27.1. The Labute approximate surface area is 769 Å². The van der Waals surface area contributed by atoms with Gasteiger partial charge in [0.15, 0.2) is 6.61 Å². The topological polar surface area (TPSA) is 162 Å². The minimum atomic E-state index is -4.39. The lowest BCUT2D eigenvalue weighted by Gasteiger charge is -2.52. The molecule has 1 N–H and O–H groups in total. The van der Waals surface area contributed by atoms with E-state index >= 15 is 0 Å². The van der Waals surface area contributed by atoms with E-state index in [4.69, 9.17) is 37.4 Å². The van der Waals surface area contributed by atoms with Crippen molar-refractivity contribution < 1.29 is 78.0 Å². The summed E-state index contributed by atoms with van der Waals surface area (Å²) in [5.41, 5.74) is 7.44. The van der Waals surface area contributed by atoms with Crippen LogP contribution in [-0.4, -0.2) is 222 Å². The standard InChI is InChI=1S/C27H34F3N3O3.C26H28ClN3O.C26H32F3N3O2.C21H23ClF3N3O2/c1-18-16-19(4-7-21(18)36-17-25(2,3)35)24(34)31-12-10-26(11-13-31)22-8-9-23(27(28,29)30)32(22)14-15-33(26)20-5-6-20;1-28-17-18-30-23(11-12-24(30)27)26(28)13-15-29(16-14-26)25(31)22-9-7-21(8-10-22)19-20-5-3-2-4-6-20;1-17(2)34-21-7-4-19(16-18(21)3)24(33)30-12-10-25(11-13-30)22-8-9-23(26(27,28)29)31(22)14-15-32(25)20-5-6-20;1-26-12-13-28-17(6-7-18(28)22)20(26)8-10-27(11-9-20)19(29)15-2-4-16(5-3-15)30-14-21(23,24)25/h4,7-9,16,20,35H,5-6,10-15,17H2,1-3H3;2-12H,13-19H2,1H3;4,7-9,16-17,20H,5-6,10-15H2,1-3H3;2-7H,8-14H2,1H3. The van der Waals surface area contributed by atoms with Gasteiger partial charge in [-0.05, 0) is 283 Å². The van der Waals surface area contributed by atoms with Gasteiger partial charge in [-0.3, -0.25) is 38.8 Å². The van der Waals surface area contributed by atoms with E-state index in [1.807, 2.05) is 84.9 Å². The Bertz CT molecular complexity index is 5560. The van der Waals surface area contributed by atoms with Crippen LogP contribution in [0.2, 0.25) is 10.3 Å². The van der Waals surface area contributed by atoms with Crippen molar-refractivity contribution in [3.63, 3.8) is 0 Å². The first-order valence-electron chi connectivity index (χ1n) is 45.8. The second kappa shape index (κ2) is 37.6. The molecular formula is C100H117Cl2F9N12O8. The third kappa shape index (κ3) is 20.0. The number of likely N-dealkylation sites (N-methyl/N-ethyl adjacent to an activating group) is 2. The van der Waals surface area contributed by atoms with Crippen molar-refractivity contribution in [3.8, 4) is 17.2 Å². The number of halogens is 11. The maximum atomic E-state index is 13.6. The fraction of sp³-hybridized carbons (Fsp3) is 0.500. The number of benzene rings is 5. The number of carbonyl (C=O) groups is 4. The SMILES string of the molecule is CN1CCn2c(Cl)ccc2C12CCN(C(=O)c1ccc(Cc3ccccc3)cc1)CC2.CN1CCn2c(Cl)ccc2C12CCN(C(=O)c1ccc(OCC(F)(F)F)cc1)CC2.Cc1cc(C(=O)N2CCC3(CC2)c2ccc(C(F)(F)F)n2CCN3C2CC2)ccc1OC(C)C.Cc1cc(C(=O)N2CCC3(CC2)c2ccc(C(F)(F)F)n2CCN3C2CC2)ccc1OCC(C)(C)O. The highest BCUT2D eigenvalue weighted by atomic mass is 35.5. The number of carbonyl (C=O) groups excluding carboxylic acids is 4. The van der Waals surface area contributed by atoms with Crippen LogP contribution < -0.4 is 14.2 Å². The summed E-state index contributed by atoms with van der Waals surface area (Å²) in [7, 11) is 4.31. The molecule has 0 radical (unpaired) electrons. The number of nitrogens with zero attached hydrogens (tertiary/aromatic N) is 12. The molecule has 5 aromatic carbocycles. The number of likely N-dealkylation sites (tertiary alicyclic amines) is 4. The summed E-state index contributed by atoms with van der Waals surface area (Å²) in [5.74, 6) is 1.37. The summed E-state index contributed by atoms with van der Waals surface area (Å²) in [6.07, 6.45) is -1.86. The number of aliphatic hydroxyl groups is 1. The molecule has 0 unspecified atom stereocenters. The predicted octanol–water partition coefficient (Wildman–Crippen LogP) is 18.8. The lowest BCUT2D eigenvalue weighted by atomic mass is 9.80. The molecule has 131 heavy (non-hydrogen) atoms. The first-order valence-corrected chi connectivity index (χ1v) is 46.6. The van der Waals surface area contributed by atoms with Crippen LogP contribution in [0.5, 0.6) is 17.2 Å². The summed E-state index contributed by atoms with van der Waals surface area (Å²) >= 11 is 12.7. The number of amides is 4. The van der Waals surface area contributed by atoms with Crippen molar-refractivity contribution in [1.29, 1.82) is 0 Å². The molecule has 10 aliphatic rings. The monoisotopic (exact) mass is 1850 g/mol. The molecule has 4 amide bonds. The Morgan fingerprint density at radius 1 is 0.405 bits per heavy atom. The highest BCUT2D eigenvalue weighted by Gasteiger charge is 2.56. The van der Waals surface area contributed by atoms with Gasteiger partial charge in [0.2, 0.25) is 0 Å². The van der Waals surface area contributed by atoms with Crippen molar-refractivity contribution in [2.45, 2.75) is 216 Å². The van der Waals surface area contributed by atoms with Gasteiger partial charge in [-0.15, -0.1) is 0 Å². The predicted molar refractivity (Wildman–Crippen MR) is 483 cm³/mol. The summed E-state index contributed by atoms with van der Waals surface area (Å²) in [4.78, 5) is 69.8. The molecule has 9 aromatic rings. The van der Waals surface area contributed by atoms with Gasteiger partial charge in [-0.1, -0.05) is 65.7 Å². The maximum Gasteiger partial charge on any atom is 0.431 e. The van der Waals surface area contributed by atoms with Crippen LogP contribution in [0.1, 0.15) is 203 Å². The van der Waals surface area contributed by atoms with Crippen LogP contribution in [0.4, 0.5) is 39.5 Å². The van der Waals surface area contributed by atoms with Crippen LogP contribution in [0.3, 0.4) is 0 Å². The smallest absolute Gasteiger partial charge is 0.431 e. The molecule has 0 bridgehead atoms. The minimum absolute atomic E-state index is 0.0261. The van der Waals surface area contributed by atoms with Gasteiger partial charge in [-0.2, -0.15) is 39.5 Å². The molecule has 4 saturated heterocycles. The van der Waals surface area contributed by atoms with Crippen LogP contribution in [-0.2, 0) is 67.1 Å². The summed E-state index contributed by atoms with van der Waals surface area (Å²) in [6, 6.07) is 50.0. The average Bonchev–Trinajstić information content (AvgIpc) is 1.59. The van der Waals surface area contributed by atoms with Gasteiger partial charge < -0.3 is 57.2 Å². The lowest BCUT2D eigenvalue weighted by molar-refractivity contribution is -0.153. The van der Waals surface area contributed by atoms with Crippen LogP contribution >= 0.6 is 23.2 Å². The molecule has 31 heteroatoms. The Morgan fingerprint density at radius 3 is 1.13 bits per heavy atom. The number of fused-ring (bicyclic) bond motifs is 8. The van der Waals surface area contributed by atoms with Crippen molar-refractivity contribution in [3.05, 3.63) is 253 Å². The molecule has 2 saturated carbocycles. The number of aryl methyl sites for hydroxylation is 2. The highest BCUT2D eigenvalue weighted by molar-refractivity contribution is 6.30. The third-order valence-corrected chi connectivity index (χ3v) is 29.2. The molecule has 19 rings (SSSR count). The fourth-order valence-electron chi connectivity index (χ4n) is 21.4. The molecule has 12 heterocycles. The lowest BCUT2D eigenvalue weighted by Crippen LogP contribution is -2.58. The van der Waals surface area contributed by atoms with E-state index < -0.39 is 53.2 Å². The minimum Gasteiger partial charge on any atom is -0.491 e. The molecule has 0 atom stereocenters. The molecular weight excluding hydrogens is 1740 g/mol. The normalized spacial score (nSPS) is 19.6. The van der Waals surface area contributed by atoms with Gasteiger partial charge >= 0.3 is 18.5 Å². The molecule has 6 fully saturated rings. The fourth-order valence-corrected chi connectivity index (χ4v) is 21.9. The first-order chi connectivity index (χ1) is 62.2. The number of aromatic nitrogens is 4. The van der Waals surface area contributed by atoms with E-state index in [0.717, 1.165) is 141 Å². The van der Waals surface area contributed by atoms with E-state index in [1.165, 1.54) is 68.0 Å². The zero-order chi connectivity index (χ0) is 93.1. The average molecular weight is 1860 g/mol. The second-order valence-electron chi connectivity index (χ2n) is 37.9. The Balaban J connectivity index is 0.000000128. The number of hydrogen-bond acceptors (Lipinski definition) is 12. The van der Waals surface area contributed by atoms with Gasteiger partial charge in [0, 0.05) is 162 Å². The third-order valence-electron chi connectivity index (χ3n) is 28.5. The van der Waals surface area contributed by atoms with Crippen molar-refractivity contribution in [2.24, 2.45) is 0 Å². The zero-order valence-corrected chi connectivity index (χ0v) is 77.1. The molecule has 20 nitrogen and oxygen atoms in total.